The molecule has 0 aliphatic rings. The van der Waals surface area contributed by atoms with Crippen molar-refractivity contribution in [2.24, 2.45) is 0 Å². The number of carbonyl (C=O) groups excluding carboxylic acids is 1. The van der Waals surface area contributed by atoms with Gasteiger partial charge in [0.2, 0.25) is 10.0 Å². The van der Waals surface area contributed by atoms with Crippen molar-refractivity contribution < 1.29 is 22.9 Å². The van der Waals surface area contributed by atoms with E-state index >= 15 is 0 Å². The molecule has 1 amide bonds. The Labute approximate surface area is 163 Å². The van der Waals surface area contributed by atoms with Gasteiger partial charge in [0, 0.05) is 25.8 Å². The molecule has 0 bridgehead atoms. The number of rotatable bonds is 7. The van der Waals surface area contributed by atoms with Crippen molar-refractivity contribution in [1.82, 2.24) is 4.31 Å². The highest BCUT2D eigenvalue weighted by Crippen LogP contribution is 2.27. The van der Waals surface area contributed by atoms with E-state index in [1.54, 1.807) is 19.1 Å². The van der Waals surface area contributed by atoms with Crippen LogP contribution in [0.2, 0.25) is 0 Å². The summed E-state index contributed by atoms with van der Waals surface area (Å²) in [6.45, 7) is 3.16. The van der Waals surface area contributed by atoms with Crippen LogP contribution in [0.5, 0.6) is 5.75 Å². The van der Waals surface area contributed by atoms with Gasteiger partial charge in [-0.3, -0.25) is 14.9 Å². The SMILES string of the molecule is Cc1ccc(S(=O)(=O)N(C)C)cc1NC(=O)[C@@H](C)Oc1ccccc1[N+](=O)[O-]. The van der Waals surface area contributed by atoms with Gasteiger partial charge in [0.25, 0.3) is 5.91 Å². The van der Waals surface area contributed by atoms with E-state index in [0.29, 0.717) is 11.3 Å². The summed E-state index contributed by atoms with van der Waals surface area (Å²) >= 11 is 0. The number of aryl methyl sites for hydroxylation is 1. The number of hydrogen-bond donors (Lipinski definition) is 1. The second kappa shape index (κ2) is 8.36. The Morgan fingerprint density at radius 2 is 1.86 bits per heavy atom. The van der Waals surface area contributed by atoms with Crippen LogP contribution in [-0.4, -0.2) is 43.8 Å². The molecule has 1 N–H and O–H groups in total. The van der Waals surface area contributed by atoms with E-state index in [9.17, 15) is 23.3 Å². The summed E-state index contributed by atoms with van der Waals surface area (Å²) in [5.41, 5.74) is 0.715. The molecule has 0 saturated heterocycles. The average molecular weight is 407 g/mol. The molecule has 1 atom stereocenters. The molecule has 10 heteroatoms. The average Bonchev–Trinajstić information content (AvgIpc) is 2.63. The third-order valence-corrected chi connectivity index (χ3v) is 5.79. The fourth-order valence-corrected chi connectivity index (χ4v) is 3.22. The summed E-state index contributed by atoms with van der Waals surface area (Å²) in [7, 11) is -0.834. The molecule has 0 fully saturated rings. The van der Waals surface area contributed by atoms with Crippen LogP contribution in [0, 0.1) is 17.0 Å². The molecule has 0 aromatic heterocycles. The van der Waals surface area contributed by atoms with Gasteiger partial charge in [0.1, 0.15) is 0 Å². The zero-order valence-electron chi connectivity index (χ0n) is 15.9. The van der Waals surface area contributed by atoms with Gasteiger partial charge in [-0.2, -0.15) is 0 Å². The number of nitro benzene ring substituents is 1. The molecular formula is C18H21N3O6S. The number of ether oxygens (including phenoxy) is 1. The molecule has 2 aromatic rings. The lowest BCUT2D eigenvalue weighted by Gasteiger charge is -2.17. The lowest BCUT2D eigenvalue weighted by Crippen LogP contribution is -2.30. The molecule has 0 aliphatic carbocycles. The Hall–Kier alpha value is -2.98. The molecule has 9 nitrogen and oxygen atoms in total. The van der Waals surface area contributed by atoms with Crippen LogP contribution in [0.3, 0.4) is 0 Å². The highest BCUT2D eigenvalue weighted by atomic mass is 32.2. The smallest absolute Gasteiger partial charge is 0.310 e. The number of nitro groups is 1. The standard InChI is InChI=1S/C18H21N3O6S/c1-12-9-10-14(28(25,26)20(3)4)11-15(12)19-18(22)13(2)27-17-8-6-5-7-16(17)21(23)24/h5-11,13H,1-4H3,(H,19,22)/t13-/m1/s1. The van der Waals surface area contributed by atoms with Crippen molar-refractivity contribution in [1.29, 1.82) is 0 Å². The van der Waals surface area contributed by atoms with Gasteiger partial charge in [0.15, 0.2) is 11.9 Å². The molecule has 0 unspecified atom stereocenters. The summed E-state index contributed by atoms with van der Waals surface area (Å²) in [6, 6.07) is 10.1. The Kier molecular flexibility index (Phi) is 6.37. The second-order valence-electron chi connectivity index (χ2n) is 6.24. The predicted molar refractivity (Wildman–Crippen MR) is 104 cm³/mol. The largest absolute Gasteiger partial charge is 0.474 e. The van der Waals surface area contributed by atoms with E-state index in [2.05, 4.69) is 5.32 Å². The van der Waals surface area contributed by atoms with Gasteiger partial charge in [-0.15, -0.1) is 0 Å². The number of sulfonamides is 1. The van der Waals surface area contributed by atoms with Crippen LogP contribution < -0.4 is 10.1 Å². The van der Waals surface area contributed by atoms with Gasteiger partial charge in [-0.25, -0.2) is 12.7 Å². The monoisotopic (exact) mass is 407 g/mol. The molecule has 0 radical (unpaired) electrons. The van der Waals surface area contributed by atoms with E-state index in [1.807, 2.05) is 0 Å². The zero-order chi connectivity index (χ0) is 21.1. The minimum atomic E-state index is -3.66. The third kappa shape index (κ3) is 4.65. The summed E-state index contributed by atoms with van der Waals surface area (Å²) < 4.78 is 31.1. The van der Waals surface area contributed by atoms with Gasteiger partial charge in [-0.05, 0) is 37.6 Å². The van der Waals surface area contributed by atoms with Crippen LogP contribution >= 0.6 is 0 Å². The number of anilines is 1. The first kappa shape index (κ1) is 21.3. The van der Waals surface area contributed by atoms with Crippen molar-refractivity contribution in [2.75, 3.05) is 19.4 Å². The quantitative estimate of drug-likeness (QED) is 0.556. The van der Waals surface area contributed by atoms with E-state index < -0.39 is 27.0 Å². The summed E-state index contributed by atoms with van der Waals surface area (Å²) in [4.78, 5) is 23.0. The Balaban J connectivity index is 2.22. The maximum absolute atomic E-state index is 12.5. The summed E-state index contributed by atoms with van der Waals surface area (Å²) in [5, 5.41) is 13.7. The number of amides is 1. The van der Waals surface area contributed by atoms with E-state index in [1.165, 1.54) is 51.4 Å². The topological polar surface area (TPSA) is 119 Å². The van der Waals surface area contributed by atoms with Gasteiger partial charge in [-0.1, -0.05) is 18.2 Å². The van der Waals surface area contributed by atoms with Crippen LogP contribution in [-0.2, 0) is 14.8 Å². The zero-order valence-corrected chi connectivity index (χ0v) is 16.7. The van der Waals surface area contributed by atoms with Crippen molar-refractivity contribution in [3.05, 3.63) is 58.1 Å². The molecular weight excluding hydrogens is 386 g/mol. The van der Waals surface area contributed by atoms with Crippen molar-refractivity contribution in [3.8, 4) is 5.75 Å². The van der Waals surface area contributed by atoms with Crippen molar-refractivity contribution >= 4 is 27.3 Å². The first-order valence-corrected chi connectivity index (χ1v) is 9.72. The Bertz CT molecular complexity index is 1000. The number of carbonyl (C=O) groups is 1. The molecule has 28 heavy (non-hydrogen) atoms. The molecule has 2 rings (SSSR count). The first-order valence-electron chi connectivity index (χ1n) is 8.28. The molecule has 0 spiro atoms. The van der Waals surface area contributed by atoms with Gasteiger partial charge in [0.05, 0.1) is 9.82 Å². The maximum atomic E-state index is 12.5. The van der Waals surface area contributed by atoms with Crippen LogP contribution in [0.1, 0.15) is 12.5 Å². The number of hydrogen-bond acceptors (Lipinski definition) is 6. The number of para-hydroxylation sites is 2. The number of nitrogens with zero attached hydrogens (tertiary/aromatic N) is 2. The second-order valence-corrected chi connectivity index (χ2v) is 8.39. The third-order valence-electron chi connectivity index (χ3n) is 3.98. The first-order chi connectivity index (χ1) is 13.0. The highest BCUT2D eigenvalue weighted by Gasteiger charge is 2.23. The number of benzene rings is 2. The molecule has 0 aliphatic heterocycles. The Morgan fingerprint density at radius 3 is 2.46 bits per heavy atom. The fourth-order valence-electron chi connectivity index (χ4n) is 2.29. The minimum absolute atomic E-state index is 0.0317. The van der Waals surface area contributed by atoms with Gasteiger partial charge < -0.3 is 10.1 Å². The van der Waals surface area contributed by atoms with Crippen LogP contribution in [0.15, 0.2) is 47.4 Å². The Morgan fingerprint density at radius 1 is 1.21 bits per heavy atom. The molecule has 0 saturated carbocycles. The number of nitrogens with one attached hydrogen (secondary N) is 1. The lowest BCUT2D eigenvalue weighted by atomic mass is 10.2. The van der Waals surface area contributed by atoms with Gasteiger partial charge >= 0.3 is 5.69 Å². The molecule has 150 valence electrons. The normalized spacial score (nSPS) is 12.5. The van der Waals surface area contributed by atoms with Crippen LogP contribution in [0.4, 0.5) is 11.4 Å². The fraction of sp³-hybridized carbons (Fsp3) is 0.278. The lowest BCUT2D eigenvalue weighted by molar-refractivity contribution is -0.386. The van der Waals surface area contributed by atoms with E-state index in [4.69, 9.17) is 4.74 Å². The highest BCUT2D eigenvalue weighted by molar-refractivity contribution is 7.89. The van der Waals surface area contributed by atoms with Crippen molar-refractivity contribution in [2.45, 2.75) is 24.8 Å². The predicted octanol–water partition coefficient (Wildman–Crippen LogP) is 2.56. The molecule has 2 aromatic carbocycles. The summed E-state index contributed by atoms with van der Waals surface area (Å²) in [6.07, 6.45) is -1.05. The molecule has 0 heterocycles. The maximum Gasteiger partial charge on any atom is 0.310 e. The van der Waals surface area contributed by atoms with Crippen molar-refractivity contribution in [3.63, 3.8) is 0 Å². The van der Waals surface area contributed by atoms with E-state index in [-0.39, 0.29) is 16.3 Å². The van der Waals surface area contributed by atoms with E-state index in [0.717, 1.165) is 4.31 Å². The van der Waals surface area contributed by atoms with Crippen LogP contribution in [0.25, 0.3) is 0 Å². The summed E-state index contributed by atoms with van der Waals surface area (Å²) in [5.74, 6) is -0.600. The minimum Gasteiger partial charge on any atom is -0.474 e.